The molecule has 1 aliphatic rings. The quantitative estimate of drug-likeness (QED) is 0.442. The molecular formula is C10H21N2O7PS. The zero-order valence-electron chi connectivity index (χ0n) is 11.5. The molecule has 9 nitrogen and oxygen atoms in total. The lowest BCUT2D eigenvalue weighted by molar-refractivity contribution is 0.145. The van der Waals surface area contributed by atoms with Crippen LogP contribution in [0.5, 0.6) is 0 Å². The van der Waals surface area contributed by atoms with E-state index in [9.17, 15) is 17.8 Å². The van der Waals surface area contributed by atoms with Gasteiger partial charge in [-0.25, -0.2) is 17.8 Å². The molecule has 1 aliphatic carbocycles. The van der Waals surface area contributed by atoms with Crippen LogP contribution in [0.2, 0.25) is 0 Å². The summed E-state index contributed by atoms with van der Waals surface area (Å²) in [5.41, 5.74) is 4.85. The molecule has 1 rings (SSSR count). The van der Waals surface area contributed by atoms with Crippen LogP contribution in [-0.2, 0) is 18.9 Å². The second-order valence-corrected chi connectivity index (χ2v) is 8.54. The minimum Gasteiger partial charge on any atom is -0.352 e. The van der Waals surface area contributed by atoms with Crippen LogP contribution in [0.3, 0.4) is 0 Å². The minimum absolute atomic E-state index is 0.0371. The van der Waals surface area contributed by atoms with Gasteiger partial charge in [-0.05, 0) is 18.8 Å². The van der Waals surface area contributed by atoms with Gasteiger partial charge in [0.05, 0.1) is 11.5 Å². The SMILES string of the molecule is NC(=O)NCC(CS(=O)(=O)CC1CCCC1)OP(=O)(O)O. The van der Waals surface area contributed by atoms with Gasteiger partial charge in [0, 0.05) is 6.54 Å². The largest absolute Gasteiger partial charge is 0.469 e. The fraction of sp³-hybridized carbons (Fsp3) is 0.900. The number of hydrogen-bond donors (Lipinski definition) is 4. The average molecular weight is 344 g/mol. The third-order valence-electron chi connectivity index (χ3n) is 3.19. The van der Waals surface area contributed by atoms with Crippen molar-refractivity contribution in [2.45, 2.75) is 31.8 Å². The van der Waals surface area contributed by atoms with Crippen LogP contribution < -0.4 is 11.1 Å². The van der Waals surface area contributed by atoms with E-state index in [1.165, 1.54) is 0 Å². The van der Waals surface area contributed by atoms with Crippen LogP contribution in [0.15, 0.2) is 0 Å². The highest BCUT2D eigenvalue weighted by atomic mass is 32.2. The first kappa shape index (κ1) is 18.4. The maximum atomic E-state index is 12.1. The Bertz CT molecular complexity index is 498. The Morgan fingerprint density at radius 2 is 1.95 bits per heavy atom. The van der Waals surface area contributed by atoms with Gasteiger partial charge in [0.25, 0.3) is 0 Å². The fourth-order valence-electron chi connectivity index (χ4n) is 2.42. The summed E-state index contributed by atoms with van der Waals surface area (Å²) in [5, 5.41) is 2.09. The van der Waals surface area contributed by atoms with Crippen LogP contribution in [-0.4, -0.2) is 48.4 Å². The van der Waals surface area contributed by atoms with Gasteiger partial charge in [-0.1, -0.05) is 12.8 Å². The van der Waals surface area contributed by atoms with E-state index in [0.717, 1.165) is 25.7 Å². The summed E-state index contributed by atoms with van der Waals surface area (Å²) < 4.78 is 39.4. The van der Waals surface area contributed by atoms with Gasteiger partial charge >= 0.3 is 13.9 Å². The van der Waals surface area contributed by atoms with E-state index in [4.69, 9.17) is 15.5 Å². The predicted octanol–water partition coefficient (Wildman–Crippen LogP) is -0.262. The summed E-state index contributed by atoms with van der Waals surface area (Å²) in [6.45, 7) is -0.385. The van der Waals surface area contributed by atoms with Gasteiger partial charge < -0.3 is 20.8 Å². The molecule has 1 saturated carbocycles. The number of hydrogen-bond acceptors (Lipinski definition) is 5. The molecule has 0 heterocycles. The number of nitrogens with one attached hydrogen (secondary N) is 1. The van der Waals surface area contributed by atoms with Crippen LogP contribution in [0.4, 0.5) is 4.79 Å². The molecule has 1 fully saturated rings. The Balaban J connectivity index is 2.63. The van der Waals surface area contributed by atoms with E-state index in [-0.39, 0.29) is 18.2 Å². The molecule has 0 aromatic carbocycles. The zero-order valence-corrected chi connectivity index (χ0v) is 13.2. The monoisotopic (exact) mass is 344 g/mol. The lowest BCUT2D eigenvalue weighted by atomic mass is 10.1. The predicted molar refractivity (Wildman–Crippen MR) is 75.1 cm³/mol. The maximum Gasteiger partial charge on any atom is 0.469 e. The van der Waals surface area contributed by atoms with Crippen molar-refractivity contribution < 1.29 is 32.1 Å². The highest BCUT2D eigenvalue weighted by Crippen LogP contribution is 2.38. The molecule has 124 valence electrons. The number of urea groups is 1. The Hall–Kier alpha value is -0.670. The molecule has 2 amide bonds. The first-order valence-corrected chi connectivity index (χ1v) is 9.90. The number of primary amides is 1. The third kappa shape index (κ3) is 8.37. The topological polar surface area (TPSA) is 156 Å². The highest BCUT2D eigenvalue weighted by molar-refractivity contribution is 7.91. The highest BCUT2D eigenvalue weighted by Gasteiger charge is 2.30. The lowest BCUT2D eigenvalue weighted by Crippen LogP contribution is -2.40. The number of sulfone groups is 1. The van der Waals surface area contributed by atoms with E-state index >= 15 is 0 Å². The molecule has 0 aliphatic heterocycles. The first-order chi connectivity index (χ1) is 9.57. The third-order valence-corrected chi connectivity index (χ3v) is 5.63. The van der Waals surface area contributed by atoms with E-state index in [1.54, 1.807) is 0 Å². The Morgan fingerprint density at radius 3 is 2.43 bits per heavy atom. The number of carbonyl (C=O) groups excluding carboxylic acids is 1. The summed E-state index contributed by atoms with van der Waals surface area (Å²) in [7, 11) is -8.41. The van der Waals surface area contributed by atoms with Crippen molar-refractivity contribution in [1.82, 2.24) is 5.32 Å². The molecule has 5 N–H and O–H groups in total. The summed E-state index contributed by atoms with van der Waals surface area (Å²) in [4.78, 5) is 28.2. The van der Waals surface area contributed by atoms with Gasteiger partial charge in [0.1, 0.15) is 6.10 Å². The van der Waals surface area contributed by atoms with Crippen molar-refractivity contribution in [3.63, 3.8) is 0 Å². The number of phosphoric acid groups is 1. The van der Waals surface area contributed by atoms with Crippen molar-refractivity contribution in [2.75, 3.05) is 18.1 Å². The molecule has 0 saturated heterocycles. The molecule has 0 radical (unpaired) electrons. The molecule has 1 atom stereocenters. The van der Waals surface area contributed by atoms with Crippen LogP contribution in [0.25, 0.3) is 0 Å². The number of nitrogens with two attached hydrogens (primary N) is 1. The first-order valence-electron chi connectivity index (χ1n) is 6.55. The smallest absolute Gasteiger partial charge is 0.352 e. The number of amides is 2. The van der Waals surface area contributed by atoms with Crippen molar-refractivity contribution in [1.29, 1.82) is 0 Å². The summed E-state index contributed by atoms with van der Waals surface area (Å²) >= 11 is 0. The normalized spacial score (nSPS) is 18.6. The van der Waals surface area contributed by atoms with Crippen molar-refractivity contribution in [2.24, 2.45) is 11.7 Å². The van der Waals surface area contributed by atoms with Crippen molar-refractivity contribution >= 4 is 23.7 Å². The Morgan fingerprint density at radius 1 is 1.38 bits per heavy atom. The van der Waals surface area contributed by atoms with Gasteiger partial charge in [-0.15, -0.1) is 0 Å². The Kier molecular flexibility index (Phi) is 6.61. The van der Waals surface area contributed by atoms with Crippen LogP contribution in [0, 0.1) is 5.92 Å². The van der Waals surface area contributed by atoms with E-state index in [2.05, 4.69) is 9.84 Å². The average Bonchev–Trinajstić information content (AvgIpc) is 2.75. The molecule has 21 heavy (non-hydrogen) atoms. The summed E-state index contributed by atoms with van der Waals surface area (Å²) in [6, 6.07) is -0.928. The summed E-state index contributed by atoms with van der Waals surface area (Å²) in [5.74, 6) is -0.533. The number of carbonyl (C=O) groups is 1. The zero-order chi connectivity index (χ0) is 16.1. The Labute approximate surface area is 123 Å². The van der Waals surface area contributed by atoms with Crippen molar-refractivity contribution in [3.05, 3.63) is 0 Å². The van der Waals surface area contributed by atoms with E-state index in [1.807, 2.05) is 0 Å². The van der Waals surface area contributed by atoms with E-state index < -0.39 is 35.5 Å². The second-order valence-electron chi connectivity index (χ2n) is 5.19. The van der Waals surface area contributed by atoms with Gasteiger partial charge in [0.2, 0.25) is 0 Å². The molecule has 0 aromatic rings. The van der Waals surface area contributed by atoms with Gasteiger partial charge in [-0.2, -0.15) is 0 Å². The van der Waals surface area contributed by atoms with E-state index in [0.29, 0.717) is 0 Å². The van der Waals surface area contributed by atoms with Crippen LogP contribution in [0.1, 0.15) is 25.7 Å². The van der Waals surface area contributed by atoms with Gasteiger partial charge in [0.15, 0.2) is 9.84 Å². The van der Waals surface area contributed by atoms with Gasteiger partial charge in [-0.3, -0.25) is 4.52 Å². The maximum absolute atomic E-state index is 12.1. The molecule has 0 aromatic heterocycles. The summed E-state index contributed by atoms with van der Waals surface area (Å²) in [6.07, 6.45) is 2.31. The molecule has 11 heteroatoms. The molecule has 0 bridgehead atoms. The number of rotatable bonds is 8. The minimum atomic E-state index is -4.86. The second kappa shape index (κ2) is 7.55. The van der Waals surface area contributed by atoms with Crippen molar-refractivity contribution in [3.8, 4) is 0 Å². The molecular weight excluding hydrogens is 323 g/mol. The molecule has 1 unspecified atom stereocenters. The fourth-order valence-corrected chi connectivity index (χ4v) is 5.00. The van der Waals surface area contributed by atoms with Crippen LogP contribution >= 0.6 is 7.82 Å². The number of phosphoric ester groups is 1. The standard InChI is InChI=1S/C10H21N2O7PS/c11-10(13)12-5-9(19-20(14,15)16)7-21(17,18)6-8-3-1-2-4-8/h8-9H,1-7H2,(H3,11,12,13)(H2,14,15,16). The lowest BCUT2D eigenvalue weighted by Gasteiger charge is -2.19. The molecule has 0 spiro atoms.